The van der Waals surface area contributed by atoms with Crippen LogP contribution >= 0.6 is 0 Å². The number of nitrogens with one attached hydrogen (secondary N) is 1. The molecule has 1 fully saturated rings. The van der Waals surface area contributed by atoms with E-state index in [0.717, 1.165) is 44.0 Å². The topological polar surface area (TPSA) is 41.1 Å². The highest BCUT2D eigenvalue weighted by atomic mass is 15.2. The van der Waals surface area contributed by atoms with Crippen molar-refractivity contribution in [3.05, 3.63) is 11.9 Å². The SMILES string of the molecule is CCCNc1ncnc(N(CC)C2CC2)c1CCC. The molecule has 0 unspecified atom stereocenters. The van der Waals surface area contributed by atoms with E-state index in [0.29, 0.717) is 6.04 Å². The van der Waals surface area contributed by atoms with E-state index in [1.165, 1.54) is 18.4 Å². The monoisotopic (exact) mass is 262 g/mol. The summed E-state index contributed by atoms with van der Waals surface area (Å²) in [5.41, 5.74) is 1.30. The fraction of sp³-hybridized carbons (Fsp3) is 0.733. The minimum absolute atomic E-state index is 0.703. The van der Waals surface area contributed by atoms with E-state index in [-0.39, 0.29) is 0 Å². The third-order valence-corrected chi connectivity index (χ3v) is 3.57. The van der Waals surface area contributed by atoms with Crippen molar-refractivity contribution in [3.63, 3.8) is 0 Å². The lowest BCUT2D eigenvalue weighted by Gasteiger charge is -2.25. The summed E-state index contributed by atoms with van der Waals surface area (Å²) >= 11 is 0. The van der Waals surface area contributed by atoms with E-state index in [2.05, 4.69) is 41.0 Å². The standard InChI is InChI=1S/C15H26N4/c1-4-7-13-14(16-10-5-2)17-11-18-15(13)19(6-3)12-8-9-12/h11-12H,4-10H2,1-3H3,(H,16,17,18). The Kier molecular flexibility index (Phi) is 5.00. The van der Waals surface area contributed by atoms with Gasteiger partial charge in [0.2, 0.25) is 0 Å². The molecule has 2 rings (SSSR count). The third-order valence-electron chi connectivity index (χ3n) is 3.57. The summed E-state index contributed by atoms with van der Waals surface area (Å²) < 4.78 is 0. The summed E-state index contributed by atoms with van der Waals surface area (Å²) in [6, 6.07) is 0.703. The molecule has 1 aromatic rings. The summed E-state index contributed by atoms with van der Waals surface area (Å²) in [7, 11) is 0. The molecule has 0 aromatic carbocycles. The van der Waals surface area contributed by atoms with Crippen LogP contribution in [-0.2, 0) is 6.42 Å². The molecule has 0 atom stereocenters. The van der Waals surface area contributed by atoms with Crippen molar-refractivity contribution in [3.8, 4) is 0 Å². The highest BCUT2D eigenvalue weighted by molar-refractivity contribution is 5.59. The van der Waals surface area contributed by atoms with E-state index >= 15 is 0 Å². The predicted octanol–water partition coefficient (Wildman–Crippen LogP) is 3.24. The maximum Gasteiger partial charge on any atom is 0.137 e. The van der Waals surface area contributed by atoms with E-state index < -0.39 is 0 Å². The van der Waals surface area contributed by atoms with Gasteiger partial charge in [-0.15, -0.1) is 0 Å². The number of hydrogen-bond acceptors (Lipinski definition) is 4. The Balaban J connectivity index is 2.29. The fourth-order valence-electron chi connectivity index (χ4n) is 2.49. The average molecular weight is 262 g/mol. The zero-order valence-electron chi connectivity index (χ0n) is 12.4. The molecule has 1 aromatic heterocycles. The molecule has 1 aliphatic rings. The maximum atomic E-state index is 4.57. The van der Waals surface area contributed by atoms with Crippen molar-refractivity contribution in [1.29, 1.82) is 0 Å². The van der Waals surface area contributed by atoms with Crippen LogP contribution in [0.2, 0.25) is 0 Å². The van der Waals surface area contributed by atoms with Crippen LogP contribution in [-0.4, -0.2) is 29.1 Å². The summed E-state index contributed by atoms with van der Waals surface area (Å²) in [6.45, 7) is 8.62. The van der Waals surface area contributed by atoms with Gasteiger partial charge in [-0.2, -0.15) is 0 Å². The molecule has 0 aliphatic heterocycles. The minimum Gasteiger partial charge on any atom is -0.370 e. The average Bonchev–Trinajstić information content (AvgIpc) is 3.24. The van der Waals surface area contributed by atoms with Gasteiger partial charge in [0.1, 0.15) is 18.0 Å². The zero-order valence-corrected chi connectivity index (χ0v) is 12.4. The first-order valence-electron chi connectivity index (χ1n) is 7.66. The number of nitrogens with zero attached hydrogens (tertiary/aromatic N) is 3. The van der Waals surface area contributed by atoms with Crippen molar-refractivity contribution in [2.75, 3.05) is 23.3 Å². The lowest BCUT2D eigenvalue weighted by atomic mass is 10.1. The molecular formula is C15H26N4. The molecule has 1 heterocycles. The van der Waals surface area contributed by atoms with Gasteiger partial charge in [0.25, 0.3) is 0 Å². The fourth-order valence-corrected chi connectivity index (χ4v) is 2.49. The number of anilines is 2. The second-order valence-electron chi connectivity index (χ2n) is 5.22. The van der Waals surface area contributed by atoms with Gasteiger partial charge in [-0.25, -0.2) is 9.97 Å². The molecule has 0 amide bonds. The van der Waals surface area contributed by atoms with E-state index in [4.69, 9.17) is 0 Å². The third kappa shape index (κ3) is 3.37. The summed E-state index contributed by atoms with van der Waals surface area (Å²) in [4.78, 5) is 11.5. The Morgan fingerprint density at radius 3 is 2.58 bits per heavy atom. The molecule has 4 nitrogen and oxygen atoms in total. The lowest BCUT2D eigenvalue weighted by molar-refractivity contribution is 0.783. The van der Waals surface area contributed by atoms with Gasteiger partial charge in [-0.1, -0.05) is 20.3 Å². The molecule has 4 heteroatoms. The molecule has 0 bridgehead atoms. The summed E-state index contributed by atoms with van der Waals surface area (Å²) in [5, 5.41) is 3.45. The predicted molar refractivity (Wildman–Crippen MR) is 80.8 cm³/mol. The van der Waals surface area contributed by atoms with Crippen LogP contribution in [0.4, 0.5) is 11.6 Å². The number of aromatic nitrogens is 2. The van der Waals surface area contributed by atoms with Gasteiger partial charge in [0, 0.05) is 24.7 Å². The van der Waals surface area contributed by atoms with Crippen LogP contribution in [0.25, 0.3) is 0 Å². The van der Waals surface area contributed by atoms with E-state index in [1.807, 2.05) is 0 Å². The Morgan fingerprint density at radius 2 is 2.00 bits per heavy atom. The van der Waals surface area contributed by atoms with E-state index in [1.54, 1.807) is 6.33 Å². The van der Waals surface area contributed by atoms with Crippen molar-refractivity contribution in [2.24, 2.45) is 0 Å². The van der Waals surface area contributed by atoms with Gasteiger partial charge in [0.05, 0.1) is 0 Å². The Bertz CT molecular complexity index is 401. The highest BCUT2D eigenvalue weighted by Gasteiger charge is 2.30. The molecule has 106 valence electrons. The Hall–Kier alpha value is -1.32. The van der Waals surface area contributed by atoms with Gasteiger partial charge >= 0.3 is 0 Å². The molecular weight excluding hydrogens is 236 g/mol. The Morgan fingerprint density at radius 1 is 1.21 bits per heavy atom. The van der Waals surface area contributed by atoms with Gasteiger partial charge in [-0.3, -0.25) is 0 Å². The van der Waals surface area contributed by atoms with Crippen molar-refractivity contribution in [1.82, 2.24) is 9.97 Å². The second-order valence-corrected chi connectivity index (χ2v) is 5.22. The zero-order chi connectivity index (χ0) is 13.7. The van der Waals surface area contributed by atoms with Crippen molar-refractivity contribution in [2.45, 2.75) is 58.9 Å². The molecule has 1 aliphatic carbocycles. The number of hydrogen-bond donors (Lipinski definition) is 1. The summed E-state index contributed by atoms with van der Waals surface area (Å²) in [5.74, 6) is 2.19. The molecule has 0 radical (unpaired) electrons. The largest absolute Gasteiger partial charge is 0.370 e. The summed E-state index contributed by atoms with van der Waals surface area (Å²) in [6.07, 6.45) is 7.61. The molecule has 1 saturated carbocycles. The van der Waals surface area contributed by atoms with E-state index in [9.17, 15) is 0 Å². The van der Waals surface area contributed by atoms with Crippen LogP contribution in [0, 0.1) is 0 Å². The first kappa shape index (κ1) is 14.1. The van der Waals surface area contributed by atoms with Gasteiger partial charge in [0.15, 0.2) is 0 Å². The maximum absolute atomic E-state index is 4.57. The molecule has 19 heavy (non-hydrogen) atoms. The number of rotatable bonds is 8. The van der Waals surface area contributed by atoms with Crippen molar-refractivity contribution < 1.29 is 0 Å². The first-order chi connectivity index (χ1) is 9.31. The smallest absolute Gasteiger partial charge is 0.137 e. The van der Waals surface area contributed by atoms with Crippen LogP contribution < -0.4 is 10.2 Å². The molecule has 1 N–H and O–H groups in total. The Labute approximate surface area is 116 Å². The second kappa shape index (κ2) is 6.73. The molecule has 0 saturated heterocycles. The van der Waals surface area contributed by atoms with Crippen LogP contribution in [0.3, 0.4) is 0 Å². The van der Waals surface area contributed by atoms with Crippen LogP contribution in [0.15, 0.2) is 6.33 Å². The lowest BCUT2D eigenvalue weighted by Crippen LogP contribution is -2.28. The molecule has 0 spiro atoms. The van der Waals surface area contributed by atoms with Crippen LogP contribution in [0.5, 0.6) is 0 Å². The quantitative estimate of drug-likeness (QED) is 0.781. The minimum atomic E-state index is 0.703. The van der Waals surface area contributed by atoms with Crippen LogP contribution in [0.1, 0.15) is 52.0 Å². The first-order valence-corrected chi connectivity index (χ1v) is 7.66. The van der Waals surface area contributed by atoms with Crippen molar-refractivity contribution >= 4 is 11.6 Å². The van der Waals surface area contributed by atoms with Gasteiger partial charge in [-0.05, 0) is 32.6 Å². The van der Waals surface area contributed by atoms with Gasteiger partial charge < -0.3 is 10.2 Å². The normalized spacial score (nSPS) is 14.5. The highest BCUT2D eigenvalue weighted by Crippen LogP contribution is 2.34.